The molecule has 0 aliphatic carbocycles. The molecule has 2 N–H and O–H groups in total. The van der Waals surface area contributed by atoms with Crippen LogP contribution in [0.4, 0.5) is 5.95 Å². The Labute approximate surface area is 172 Å². The van der Waals surface area contributed by atoms with Crippen molar-refractivity contribution in [3.8, 4) is 0 Å². The number of hydrogen-bond acceptors (Lipinski definition) is 5. The molecule has 142 valence electrons. The largest absolute Gasteiger partial charge is 0.342 e. The van der Waals surface area contributed by atoms with Crippen molar-refractivity contribution < 1.29 is 0 Å². The Balaban J connectivity index is 1.60. The standard InChI is InChI=1S/C19H21Cl2N5S/c20-14-2-1-3-15(17(14)21)27-16-12-24-19(26-11-8-23-18(16)26)25-9-5-13(4-7-22)6-10-25/h1-3,8,11-13H,4-7,9-10,22H2. The van der Waals surface area contributed by atoms with Gasteiger partial charge in [-0.25, -0.2) is 9.97 Å². The zero-order valence-corrected chi connectivity index (χ0v) is 17.1. The molecule has 0 bridgehead atoms. The van der Waals surface area contributed by atoms with Crippen molar-refractivity contribution in [2.75, 3.05) is 24.5 Å². The Bertz CT molecular complexity index is 937. The van der Waals surface area contributed by atoms with Crippen molar-refractivity contribution in [3.05, 3.63) is 46.8 Å². The third-order valence-electron chi connectivity index (χ3n) is 4.98. The third kappa shape index (κ3) is 3.90. The topological polar surface area (TPSA) is 59.5 Å². The van der Waals surface area contributed by atoms with Gasteiger partial charge in [-0.3, -0.25) is 4.40 Å². The molecule has 5 nitrogen and oxygen atoms in total. The summed E-state index contributed by atoms with van der Waals surface area (Å²) in [5, 5.41) is 1.10. The average molecular weight is 422 g/mol. The van der Waals surface area contributed by atoms with Crippen LogP contribution in [-0.2, 0) is 0 Å². The van der Waals surface area contributed by atoms with Crippen LogP contribution in [0.15, 0.2) is 46.6 Å². The number of nitrogens with two attached hydrogens (primary N) is 1. The molecular weight excluding hydrogens is 401 g/mol. The van der Waals surface area contributed by atoms with Crippen molar-refractivity contribution in [2.24, 2.45) is 11.7 Å². The molecule has 0 radical (unpaired) electrons. The van der Waals surface area contributed by atoms with Gasteiger partial charge in [0.05, 0.1) is 14.9 Å². The summed E-state index contributed by atoms with van der Waals surface area (Å²) >= 11 is 14.0. The molecule has 0 amide bonds. The summed E-state index contributed by atoms with van der Waals surface area (Å²) in [7, 11) is 0. The van der Waals surface area contributed by atoms with Gasteiger partial charge in [-0.1, -0.05) is 41.0 Å². The van der Waals surface area contributed by atoms with E-state index in [1.54, 1.807) is 6.07 Å². The predicted octanol–water partition coefficient (Wildman–Crippen LogP) is 4.75. The van der Waals surface area contributed by atoms with Crippen molar-refractivity contribution in [2.45, 2.75) is 29.1 Å². The van der Waals surface area contributed by atoms with Crippen LogP contribution in [0.5, 0.6) is 0 Å². The van der Waals surface area contributed by atoms with Crippen molar-refractivity contribution in [1.82, 2.24) is 14.4 Å². The highest BCUT2D eigenvalue weighted by molar-refractivity contribution is 7.99. The minimum Gasteiger partial charge on any atom is -0.342 e. The van der Waals surface area contributed by atoms with Gasteiger partial charge in [0, 0.05) is 36.6 Å². The van der Waals surface area contributed by atoms with Gasteiger partial charge in [0.15, 0.2) is 5.65 Å². The number of halogens is 2. The molecule has 8 heteroatoms. The van der Waals surface area contributed by atoms with E-state index in [9.17, 15) is 0 Å². The lowest BCUT2D eigenvalue weighted by Gasteiger charge is -2.32. The van der Waals surface area contributed by atoms with Gasteiger partial charge in [-0.15, -0.1) is 0 Å². The molecule has 1 aromatic carbocycles. The summed E-state index contributed by atoms with van der Waals surface area (Å²) < 4.78 is 2.06. The zero-order valence-electron chi connectivity index (χ0n) is 14.8. The lowest BCUT2D eigenvalue weighted by Crippen LogP contribution is -2.36. The predicted molar refractivity (Wildman–Crippen MR) is 112 cm³/mol. The SMILES string of the molecule is NCCC1CCN(c2ncc(Sc3cccc(Cl)c3Cl)c3nccn23)CC1. The minimum absolute atomic E-state index is 0.547. The number of imidazole rings is 1. The lowest BCUT2D eigenvalue weighted by atomic mass is 9.94. The van der Waals surface area contributed by atoms with Crippen LogP contribution in [0.1, 0.15) is 19.3 Å². The number of anilines is 1. The summed E-state index contributed by atoms with van der Waals surface area (Å²) in [5.41, 5.74) is 6.59. The van der Waals surface area contributed by atoms with E-state index in [2.05, 4.69) is 14.3 Å². The van der Waals surface area contributed by atoms with E-state index in [1.165, 1.54) is 11.8 Å². The first-order valence-electron chi connectivity index (χ1n) is 9.06. The number of piperidine rings is 1. The smallest absolute Gasteiger partial charge is 0.211 e. The fraction of sp³-hybridized carbons (Fsp3) is 0.368. The number of nitrogens with zero attached hydrogens (tertiary/aromatic N) is 4. The number of aromatic nitrogens is 3. The van der Waals surface area contributed by atoms with Crippen LogP contribution in [0.25, 0.3) is 5.65 Å². The van der Waals surface area contributed by atoms with E-state index in [4.69, 9.17) is 33.9 Å². The maximum atomic E-state index is 6.34. The molecule has 0 unspecified atom stereocenters. The lowest BCUT2D eigenvalue weighted by molar-refractivity contribution is 0.383. The summed E-state index contributed by atoms with van der Waals surface area (Å²) in [6.07, 6.45) is 9.08. The highest BCUT2D eigenvalue weighted by Gasteiger charge is 2.22. The molecule has 27 heavy (non-hydrogen) atoms. The first-order chi connectivity index (χ1) is 13.2. The maximum Gasteiger partial charge on any atom is 0.211 e. The molecule has 0 spiro atoms. The van der Waals surface area contributed by atoms with E-state index >= 15 is 0 Å². The van der Waals surface area contributed by atoms with Gasteiger partial charge in [-0.2, -0.15) is 0 Å². The monoisotopic (exact) mass is 421 g/mol. The van der Waals surface area contributed by atoms with Crippen LogP contribution in [0.2, 0.25) is 10.0 Å². The third-order valence-corrected chi connectivity index (χ3v) is 6.98. The highest BCUT2D eigenvalue weighted by Crippen LogP contribution is 2.38. The summed E-state index contributed by atoms with van der Waals surface area (Å²) in [5.74, 6) is 1.67. The minimum atomic E-state index is 0.547. The van der Waals surface area contributed by atoms with E-state index in [-0.39, 0.29) is 0 Å². The molecule has 1 aliphatic heterocycles. The summed E-state index contributed by atoms with van der Waals surface area (Å²) in [6, 6.07) is 5.63. The van der Waals surface area contributed by atoms with Crippen LogP contribution >= 0.6 is 35.0 Å². The molecule has 3 aromatic rings. The van der Waals surface area contributed by atoms with Crippen LogP contribution in [0, 0.1) is 5.92 Å². The van der Waals surface area contributed by atoms with Crippen molar-refractivity contribution in [1.29, 1.82) is 0 Å². The average Bonchev–Trinajstić information content (AvgIpc) is 3.17. The first-order valence-corrected chi connectivity index (χ1v) is 10.6. The number of hydrogen-bond donors (Lipinski definition) is 1. The van der Waals surface area contributed by atoms with Crippen molar-refractivity contribution in [3.63, 3.8) is 0 Å². The molecule has 0 atom stereocenters. The van der Waals surface area contributed by atoms with Crippen LogP contribution < -0.4 is 10.6 Å². The highest BCUT2D eigenvalue weighted by atomic mass is 35.5. The number of fused-ring (bicyclic) bond motifs is 1. The van der Waals surface area contributed by atoms with Gasteiger partial charge in [0.2, 0.25) is 5.95 Å². The van der Waals surface area contributed by atoms with Gasteiger partial charge in [0.1, 0.15) is 0 Å². The molecule has 3 heterocycles. The first kappa shape index (κ1) is 18.9. The number of rotatable bonds is 5. The van der Waals surface area contributed by atoms with Gasteiger partial charge in [0.25, 0.3) is 0 Å². The Morgan fingerprint density at radius 2 is 1.96 bits per heavy atom. The quantitative estimate of drug-likeness (QED) is 0.643. The molecule has 1 fully saturated rings. The molecule has 1 saturated heterocycles. The van der Waals surface area contributed by atoms with E-state index < -0.39 is 0 Å². The molecule has 4 rings (SSSR count). The van der Waals surface area contributed by atoms with Crippen LogP contribution in [-0.4, -0.2) is 34.0 Å². The zero-order chi connectivity index (χ0) is 18.8. The Hall–Kier alpha value is -1.47. The fourth-order valence-electron chi connectivity index (χ4n) is 3.53. The Morgan fingerprint density at radius 3 is 2.74 bits per heavy atom. The van der Waals surface area contributed by atoms with Gasteiger partial charge in [-0.05, 0) is 43.9 Å². The van der Waals surface area contributed by atoms with Gasteiger partial charge >= 0.3 is 0 Å². The van der Waals surface area contributed by atoms with E-state index in [0.717, 1.165) is 66.2 Å². The molecule has 1 aliphatic rings. The van der Waals surface area contributed by atoms with Crippen LogP contribution in [0.3, 0.4) is 0 Å². The second-order valence-corrected chi connectivity index (χ2v) is 8.57. The van der Waals surface area contributed by atoms with Gasteiger partial charge < -0.3 is 10.6 Å². The molecule has 0 saturated carbocycles. The normalized spacial score (nSPS) is 15.6. The fourth-order valence-corrected chi connectivity index (χ4v) is 4.93. The second kappa shape index (κ2) is 8.27. The van der Waals surface area contributed by atoms with E-state index in [1.807, 2.05) is 30.7 Å². The van der Waals surface area contributed by atoms with E-state index in [0.29, 0.717) is 10.0 Å². The summed E-state index contributed by atoms with van der Waals surface area (Å²) in [4.78, 5) is 13.5. The summed E-state index contributed by atoms with van der Waals surface area (Å²) in [6.45, 7) is 2.77. The maximum absolute atomic E-state index is 6.34. The Kier molecular flexibility index (Phi) is 5.78. The molecule has 2 aromatic heterocycles. The molecular formula is C19H21Cl2N5S. The second-order valence-electron chi connectivity index (χ2n) is 6.71. The Morgan fingerprint density at radius 1 is 1.15 bits per heavy atom. The van der Waals surface area contributed by atoms with Crippen molar-refractivity contribution >= 4 is 46.6 Å². The number of benzene rings is 1.